The molecule has 0 aliphatic heterocycles. The molecule has 0 atom stereocenters. The Hall–Kier alpha value is -2.50. The Morgan fingerprint density at radius 3 is 2.86 bits per heavy atom. The van der Waals surface area contributed by atoms with Gasteiger partial charge in [-0.15, -0.1) is 5.10 Å². The van der Waals surface area contributed by atoms with Crippen molar-refractivity contribution in [1.82, 2.24) is 19.6 Å². The smallest absolute Gasteiger partial charge is 0.252 e. The van der Waals surface area contributed by atoms with Crippen molar-refractivity contribution in [2.45, 2.75) is 18.8 Å². The first-order valence-corrected chi connectivity index (χ1v) is 6.82. The van der Waals surface area contributed by atoms with Gasteiger partial charge in [-0.25, -0.2) is 9.37 Å². The Bertz CT molecular complexity index is 826. The van der Waals surface area contributed by atoms with Crippen molar-refractivity contribution in [3.8, 4) is 17.0 Å². The molecular weight excluding hydrogens is 271 g/mol. The molecule has 0 radical (unpaired) electrons. The number of ether oxygens (including phenoxy) is 1. The lowest BCUT2D eigenvalue weighted by molar-refractivity contribution is 0.411. The lowest BCUT2D eigenvalue weighted by Crippen LogP contribution is -1.98. The highest BCUT2D eigenvalue weighted by atomic mass is 19.1. The van der Waals surface area contributed by atoms with Crippen molar-refractivity contribution in [2.75, 3.05) is 7.11 Å². The van der Waals surface area contributed by atoms with Gasteiger partial charge in [0.2, 0.25) is 0 Å². The molecule has 0 amide bonds. The first-order chi connectivity index (χ1) is 10.3. The molecule has 2 aromatic heterocycles. The molecule has 0 N–H and O–H groups in total. The minimum atomic E-state index is -0.356. The van der Waals surface area contributed by atoms with Gasteiger partial charge in [0, 0.05) is 23.7 Å². The van der Waals surface area contributed by atoms with Gasteiger partial charge in [-0.1, -0.05) is 0 Å². The monoisotopic (exact) mass is 284 g/mol. The van der Waals surface area contributed by atoms with Gasteiger partial charge in [0.1, 0.15) is 11.6 Å². The van der Waals surface area contributed by atoms with E-state index in [1.54, 1.807) is 28.9 Å². The summed E-state index contributed by atoms with van der Waals surface area (Å²) in [7, 11) is 1.51. The quantitative estimate of drug-likeness (QED) is 0.742. The molecule has 1 aliphatic carbocycles. The molecule has 0 bridgehead atoms. The summed E-state index contributed by atoms with van der Waals surface area (Å²) < 4.78 is 20.9. The van der Waals surface area contributed by atoms with Crippen LogP contribution in [0.5, 0.6) is 5.75 Å². The second-order valence-electron chi connectivity index (χ2n) is 5.13. The Morgan fingerprint density at radius 2 is 2.14 bits per heavy atom. The highest BCUT2D eigenvalue weighted by molar-refractivity contribution is 5.63. The lowest BCUT2D eigenvalue weighted by Gasteiger charge is -2.06. The van der Waals surface area contributed by atoms with E-state index < -0.39 is 0 Å². The second-order valence-corrected chi connectivity index (χ2v) is 5.13. The number of aromatic nitrogens is 4. The van der Waals surface area contributed by atoms with Crippen molar-refractivity contribution in [1.29, 1.82) is 0 Å². The maximum atomic E-state index is 14.3. The lowest BCUT2D eigenvalue weighted by atomic mass is 10.1. The van der Waals surface area contributed by atoms with E-state index in [4.69, 9.17) is 4.74 Å². The van der Waals surface area contributed by atoms with Crippen LogP contribution in [0.4, 0.5) is 4.39 Å². The minimum absolute atomic E-state index is 0.356. The van der Waals surface area contributed by atoms with Crippen LogP contribution >= 0.6 is 0 Å². The summed E-state index contributed by atoms with van der Waals surface area (Å²) in [6.45, 7) is 0. The molecular formula is C15H13FN4O. The van der Waals surface area contributed by atoms with Gasteiger partial charge >= 0.3 is 0 Å². The van der Waals surface area contributed by atoms with Crippen molar-refractivity contribution in [3.63, 3.8) is 0 Å². The van der Waals surface area contributed by atoms with Crippen molar-refractivity contribution < 1.29 is 9.13 Å². The van der Waals surface area contributed by atoms with E-state index in [0.29, 0.717) is 28.7 Å². The van der Waals surface area contributed by atoms with Crippen LogP contribution in [-0.4, -0.2) is 26.7 Å². The van der Waals surface area contributed by atoms with E-state index in [1.165, 1.54) is 13.2 Å². The summed E-state index contributed by atoms with van der Waals surface area (Å²) in [5, 5.41) is 4.48. The number of halogens is 1. The van der Waals surface area contributed by atoms with Crippen LogP contribution in [-0.2, 0) is 0 Å². The predicted molar refractivity (Wildman–Crippen MR) is 74.7 cm³/mol. The first kappa shape index (κ1) is 12.3. The van der Waals surface area contributed by atoms with Crippen LogP contribution < -0.4 is 4.74 Å². The summed E-state index contributed by atoms with van der Waals surface area (Å²) in [5.74, 6) is 1.86. The second kappa shape index (κ2) is 4.51. The standard InChI is InChI=1S/C15H13FN4O/c1-21-10-4-5-11(12(16)8-10)13-6-7-17-15-18-14(9-2-3-9)19-20(13)15/h4-9H,2-3H2,1H3. The number of methoxy groups -OCH3 is 1. The molecule has 4 rings (SSSR count). The first-order valence-electron chi connectivity index (χ1n) is 6.82. The molecule has 0 unspecified atom stereocenters. The van der Waals surface area contributed by atoms with Crippen LogP contribution in [0.15, 0.2) is 30.5 Å². The Morgan fingerprint density at radius 1 is 1.29 bits per heavy atom. The van der Waals surface area contributed by atoms with Crippen LogP contribution in [0.3, 0.4) is 0 Å². The van der Waals surface area contributed by atoms with Gasteiger partial charge in [-0.05, 0) is 31.0 Å². The summed E-state index contributed by atoms with van der Waals surface area (Å²) in [6.07, 6.45) is 3.85. The molecule has 3 aromatic rings. The van der Waals surface area contributed by atoms with E-state index in [0.717, 1.165) is 18.7 Å². The van der Waals surface area contributed by atoms with Crippen molar-refractivity contribution in [2.24, 2.45) is 0 Å². The third-order valence-electron chi connectivity index (χ3n) is 3.65. The van der Waals surface area contributed by atoms with Gasteiger partial charge in [0.15, 0.2) is 5.82 Å². The third kappa shape index (κ3) is 2.03. The van der Waals surface area contributed by atoms with E-state index in [2.05, 4.69) is 15.1 Å². The highest BCUT2D eigenvalue weighted by Crippen LogP contribution is 2.38. The van der Waals surface area contributed by atoms with Gasteiger partial charge in [0.25, 0.3) is 5.78 Å². The molecule has 21 heavy (non-hydrogen) atoms. The highest BCUT2D eigenvalue weighted by Gasteiger charge is 2.28. The van der Waals surface area contributed by atoms with Crippen LogP contribution in [0, 0.1) is 5.82 Å². The van der Waals surface area contributed by atoms with E-state index in [-0.39, 0.29) is 5.82 Å². The van der Waals surface area contributed by atoms with E-state index in [1.807, 2.05) is 0 Å². The topological polar surface area (TPSA) is 52.3 Å². The molecule has 2 heterocycles. The summed E-state index contributed by atoms with van der Waals surface area (Å²) in [6, 6.07) is 6.51. The number of rotatable bonds is 3. The molecule has 6 heteroatoms. The SMILES string of the molecule is COc1ccc(-c2ccnc3nc(C4CC4)nn23)c(F)c1. The fraction of sp³-hybridized carbons (Fsp3) is 0.267. The number of benzene rings is 1. The number of nitrogens with zero attached hydrogens (tertiary/aromatic N) is 4. The fourth-order valence-electron chi connectivity index (χ4n) is 2.36. The zero-order valence-electron chi connectivity index (χ0n) is 11.5. The normalized spacial score (nSPS) is 14.6. The Labute approximate surface area is 120 Å². The Balaban J connectivity index is 1.89. The molecule has 1 fully saturated rings. The number of hydrogen-bond acceptors (Lipinski definition) is 4. The van der Waals surface area contributed by atoms with Crippen LogP contribution in [0.25, 0.3) is 17.0 Å². The minimum Gasteiger partial charge on any atom is -0.497 e. The third-order valence-corrected chi connectivity index (χ3v) is 3.65. The molecule has 1 saturated carbocycles. The average molecular weight is 284 g/mol. The summed E-state index contributed by atoms with van der Waals surface area (Å²) >= 11 is 0. The molecule has 0 spiro atoms. The maximum absolute atomic E-state index is 14.3. The average Bonchev–Trinajstić information content (AvgIpc) is 3.26. The van der Waals surface area contributed by atoms with Gasteiger partial charge < -0.3 is 4.74 Å². The van der Waals surface area contributed by atoms with Crippen LogP contribution in [0.1, 0.15) is 24.6 Å². The zero-order valence-corrected chi connectivity index (χ0v) is 11.5. The molecule has 5 nitrogen and oxygen atoms in total. The van der Waals surface area contributed by atoms with Crippen molar-refractivity contribution >= 4 is 5.78 Å². The number of hydrogen-bond donors (Lipinski definition) is 0. The summed E-state index contributed by atoms with van der Waals surface area (Å²) in [5.41, 5.74) is 1.09. The zero-order chi connectivity index (χ0) is 14.4. The van der Waals surface area contributed by atoms with Gasteiger partial charge in [0.05, 0.1) is 12.8 Å². The van der Waals surface area contributed by atoms with Gasteiger partial charge in [-0.3, -0.25) is 0 Å². The maximum Gasteiger partial charge on any atom is 0.252 e. The van der Waals surface area contributed by atoms with E-state index in [9.17, 15) is 4.39 Å². The Kier molecular flexibility index (Phi) is 2.63. The molecule has 106 valence electrons. The van der Waals surface area contributed by atoms with Gasteiger partial charge in [-0.2, -0.15) is 9.50 Å². The predicted octanol–water partition coefficient (Wildman–Crippen LogP) is 2.82. The largest absolute Gasteiger partial charge is 0.497 e. The van der Waals surface area contributed by atoms with Crippen LogP contribution in [0.2, 0.25) is 0 Å². The molecule has 0 saturated heterocycles. The summed E-state index contributed by atoms with van der Waals surface area (Å²) in [4.78, 5) is 8.62. The van der Waals surface area contributed by atoms with E-state index >= 15 is 0 Å². The molecule has 1 aliphatic rings. The fourth-order valence-corrected chi connectivity index (χ4v) is 2.36. The molecule has 1 aromatic carbocycles. The number of fused-ring (bicyclic) bond motifs is 1. The van der Waals surface area contributed by atoms with Crippen molar-refractivity contribution in [3.05, 3.63) is 42.1 Å².